The van der Waals surface area contributed by atoms with Crippen molar-refractivity contribution in [3.8, 4) is 17.2 Å². The van der Waals surface area contributed by atoms with Crippen LogP contribution in [0.5, 0.6) is 17.2 Å². The number of nitrogens with zero attached hydrogens (tertiary/aromatic N) is 1. The average molecular weight is 550 g/mol. The summed E-state index contributed by atoms with van der Waals surface area (Å²) < 4.78 is 17.7. The van der Waals surface area contributed by atoms with Gasteiger partial charge in [0, 0.05) is 10.6 Å². The predicted molar refractivity (Wildman–Crippen MR) is 152 cm³/mol. The Labute approximate surface area is 231 Å². The van der Waals surface area contributed by atoms with Gasteiger partial charge in [0.15, 0.2) is 11.5 Å². The van der Waals surface area contributed by atoms with E-state index in [1.165, 1.54) is 4.90 Å². The average Bonchev–Trinajstić information content (AvgIpc) is 3.17. The molecule has 1 aliphatic rings. The van der Waals surface area contributed by atoms with Gasteiger partial charge in [-0.1, -0.05) is 48.0 Å². The highest BCUT2D eigenvalue weighted by Crippen LogP contribution is 2.37. The van der Waals surface area contributed by atoms with Crippen LogP contribution in [0.15, 0.2) is 84.3 Å². The number of imide groups is 1. The van der Waals surface area contributed by atoms with Gasteiger partial charge in [-0.25, -0.2) is 0 Å². The zero-order valence-corrected chi connectivity index (χ0v) is 22.6. The normalized spacial score (nSPS) is 14.2. The van der Waals surface area contributed by atoms with E-state index >= 15 is 0 Å². The molecule has 38 heavy (non-hydrogen) atoms. The molecule has 196 valence electrons. The second-order valence-corrected chi connectivity index (χ2v) is 9.77. The smallest absolute Gasteiger partial charge is 0.293 e. The van der Waals surface area contributed by atoms with Crippen molar-refractivity contribution in [2.24, 2.45) is 0 Å². The largest absolute Gasteiger partial charge is 0.492 e. The fourth-order valence-electron chi connectivity index (χ4n) is 3.85. The minimum Gasteiger partial charge on any atom is -0.492 e. The highest BCUT2D eigenvalue weighted by Gasteiger charge is 2.35. The highest BCUT2D eigenvalue weighted by atomic mass is 35.5. The van der Waals surface area contributed by atoms with E-state index in [1.807, 2.05) is 73.7 Å². The van der Waals surface area contributed by atoms with Gasteiger partial charge in [-0.05, 0) is 78.7 Å². The lowest BCUT2D eigenvalue weighted by Crippen LogP contribution is -2.32. The number of thioether (sulfide) groups is 1. The lowest BCUT2D eigenvalue weighted by atomic mass is 10.0. The second kappa shape index (κ2) is 13.2. The molecule has 3 aromatic carbocycles. The van der Waals surface area contributed by atoms with Gasteiger partial charge in [0.1, 0.15) is 19.0 Å². The first-order chi connectivity index (χ1) is 18.5. The first kappa shape index (κ1) is 27.4. The van der Waals surface area contributed by atoms with Gasteiger partial charge in [-0.2, -0.15) is 0 Å². The zero-order chi connectivity index (χ0) is 26.9. The number of halogens is 1. The number of para-hydroxylation sites is 1. The summed E-state index contributed by atoms with van der Waals surface area (Å²) in [4.78, 5) is 27.1. The van der Waals surface area contributed by atoms with E-state index in [0.29, 0.717) is 46.8 Å². The van der Waals surface area contributed by atoms with Gasteiger partial charge in [0.25, 0.3) is 11.1 Å². The molecule has 1 aliphatic heterocycles. The summed E-state index contributed by atoms with van der Waals surface area (Å²) in [6.45, 7) is 6.92. The van der Waals surface area contributed by atoms with Crippen LogP contribution in [0.3, 0.4) is 0 Å². The molecule has 0 spiro atoms. The number of carbonyl (C=O) groups is 2. The minimum absolute atomic E-state index is 0.167. The summed E-state index contributed by atoms with van der Waals surface area (Å²) in [5, 5.41) is 0.339. The Bertz CT molecular complexity index is 1320. The number of hydrogen-bond donors (Lipinski definition) is 0. The maximum Gasteiger partial charge on any atom is 0.293 e. The van der Waals surface area contributed by atoms with E-state index in [9.17, 15) is 9.59 Å². The third-order valence-electron chi connectivity index (χ3n) is 5.61. The molecule has 0 atom stereocenters. The molecule has 0 aliphatic carbocycles. The van der Waals surface area contributed by atoms with Crippen molar-refractivity contribution in [2.75, 3.05) is 19.8 Å². The molecule has 0 saturated carbocycles. The van der Waals surface area contributed by atoms with E-state index in [1.54, 1.807) is 12.2 Å². The van der Waals surface area contributed by atoms with Crippen LogP contribution < -0.4 is 14.2 Å². The lowest BCUT2D eigenvalue weighted by molar-refractivity contribution is -0.123. The minimum atomic E-state index is -0.344. The van der Waals surface area contributed by atoms with Gasteiger partial charge < -0.3 is 14.2 Å². The Kier molecular flexibility index (Phi) is 9.51. The van der Waals surface area contributed by atoms with E-state index in [0.717, 1.165) is 28.5 Å². The first-order valence-electron chi connectivity index (χ1n) is 12.2. The molecule has 8 heteroatoms. The second-order valence-electron chi connectivity index (χ2n) is 8.34. The van der Waals surface area contributed by atoms with E-state index in [2.05, 4.69) is 6.58 Å². The summed E-state index contributed by atoms with van der Waals surface area (Å²) in [5.74, 6) is 1.52. The van der Waals surface area contributed by atoms with Crippen LogP contribution >= 0.6 is 23.4 Å². The molecule has 0 aromatic heterocycles. The molecular weight excluding hydrogens is 522 g/mol. The van der Waals surface area contributed by atoms with Crippen molar-refractivity contribution in [1.82, 2.24) is 4.90 Å². The van der Waals surface area contributed by atoms with Crippen LogP contribution in [0.2, 0.25) is 5.02 Å². The highest BCUT2D eigenvalue weighted by molar-refractivity contribution is 8.18. The van der Waals surface area contributed by atoms with Gasteiger partial charge in [0.2, 0.25) is 0 Å². The van der Waals surface area contributed by atoms with Crippen molar-refractivity contribution in [2.45, 2.75) is 20.0 Å². The number of carbonyl (C=O) groups excluding carboxylic acids is 2. The zero-order valence-electron chi connectivity index (χ0n) is 21.0. The number of hydrogen-bond acceptors (Lipinski definition) is 6. The van der Waals surface area contributed by atoms with Crippen LogP contribution in [-0.4, -0.2) is 35.8 Å². The van der Waals surface area contributed by atoms with Crippen molar-refractivity contribution in [3.05, 3.63) is 106 Å². The first-order valence-corrected chi connectivity index (χ1v) is 13.4. The Morgan fingerprint density at radius 3 is 2.47 bits per heavy atom. The summed E-state index contributed by atoms with van der Waals surface area (Å²) in [7, 11) is 0. The number of allylic oxidation sites excluding steroid dienone is 1. The van der Waals surface area contributed by atoms with Gasteiger partial charge in [-0.15, -0.1) is 6.58 Å². The maximum atomic E-state index is 13.0. The molecule has 0 bridgehead atoms. The van der Waals surface area contributed by atoms with Crippen LogP contribution in [0.25, 0.3) is 6.08 Å². The van der Waals surface area contributed by atoms with E-state index < -0.39 is 0 Å². The topological polar surface area (TPSA) is 65.1 Å². The number of rotatable bonds is 12. The van der Waals surface area contributed by atoms with Crippen LogP contribution in [-0.2, 0) is 17.8 Å². The van der Waals surface area contributed by atoms with E-state index in [4.69, 9.17) is 25.8 Å². The van der Waals surface area contributed by atoms with E-state index in [-0.39, 0.29) is 24.3 Å². The Morgan fingerprint density at radius 2 is 1.76 bits per heavy atom. The number of ether oxygens (including phenoxy) is 3. The summed E-state index contributed by atoms with van der Waals surface area (Å²) in [6.07, 6.45) is 4.03. The van der Waals surface area contributed by atoms with Gasteiger partial charge in [-0.3, -0.25) is 14.5 Å². The van der Waals surface area contributed by atoms with Crippen LogP contribution in [0, 0.1) is 0 Å². The quantitative estimate of drug-likeness (QED) is 0.176. The van der Waals surface area contributed by atoms with Crippen LogP contribution in [0.4, 0.5) is 4.79 Å². The Balaban J connectivity index is 1.52. The SMILES string of the molecule is C=CCc1cc(/C=C2\SC(=O)N(CCOc3ccccc3)C2=O)cc(OCC)c1OCc1ccc(Cl)cc1. The molecule has 3 aromatic rings. The molecule has 6 nitrogen and oxygen atoms in total. The summed E-state index contributed by atoms with van der Waals surface area (Å²) >= 11 is 6.91. The van der Waals surface area contributed by atoms with Gasteiger partial charge >= 0.3 is 0 Å². The van der Waals surface area contributed by atoms with Crippen molar-refractivity contribution in [3.63, 3.8) is 0 Å². The Hall–Kier alpha value is -3.68. The predicted octanol–water partition coefficient (Wildman–Crippen LogP) is 7.16. The standard InChI is InChI=1S/C30H28ClNO5S/c1-3-8-23-17-22(18-26(35-4-2)28(23)37-20-21-11-13-24(31)14-12-21)19-27-29(33)32(30(34)38-27)15-16-36-25-9-6-5-7-10-25/h3,5-7,9-14,17-19H,1,4,8,15-16,20H2,2H3/b27-19-. The van der Waals surface area contributed by atoms with Crippen molar-refractivity contribution in [1.29, 1.82) is 0 Å². The molecule has 0 radical (unpaired) electrons. The van der Waals surface area contributed by atoms with Crippen molar-refractivity contribution < 1.29 is 23.8 Å². The lowest BCUT2D eigenvalue weighted by Gasteiger charge is -2.17. The molecule has 2 amide bonds. The monoisotopic (exact) mass is 549 g/mol. The summed E-state index contributed by atoms with van der Waals surface area (Å²) in [6, 6.07) is 20.5. The van der Waals surface area contributed by atoms with Crippen LogP contribution in [0.1, 0.15) is 23.6 Å². The maximum absolute atomic E-state index is 13.0. The third kappa shape index (κ3) is 7.00. The molecule has 1 heterocycles. The number of amides is 2. The fraction of sp³-hybridized carbons (Fsp3) is 0.200. The molecule has 4 rings (SSSR count). The molecular formula is C30H28ClNO5S. The van der Waals surface area contributed by atoms with Gasteiger partial charge in [0.05, 0.1) is 18.1 Å². The number of benzene rings is 3. The molecule has 0 N–H and O–H groups in total. The van der Waals surface area contributed by atoms with Crippen molar-refractivity contribution >= 4 is 40.6 Å². The fourth-order valence-corrected chi connectivity index (χ4v) is 4.84. The molecule has 0 unspecified atom stereocenters. The third-order valence-corrected chi connectivity index (χ3v) is 6.77. The Morgan fingerprint density at radius 1 is 1.00 bits per heavy atom. The summed E-state index contributed by atoms with van der Waals surface area (Å²) in [5.41, 5.74) is 2.56. The molecule has 1 fully saturated rings. The molecule has 1 saturated heterocycles.